The van der Waals surface area contributed by atoms with Gasteiger partial charge in [0.15, 0.2) is 0 Å². The van der Waals surface area contributed by atoms with Crippen molar-refractivity contribution in [3.8, 4) is 11.4 Å². The van der Waals surface area contributed by atoms with Crippen molar-refractivity contribution >= 4 is 27.8 Å². The topological polar surface area (TPSA) is 109 Å². The molecule has 45 heavy (non-hydrogen) atoms. The molecule has 4 heterocycles. The van der Waals surface area contributed by atoms with Crippen molar-refractivity contribution in [2.45, 2.75) is 51.6 Å². The SMILES string of the molecule is CNc1ccnc2c1c1ncn(C3CCCCC3)c(=O)c1n2Cc1ccc(OC)cc1.Cc1ccc(-n2cnccc2=O)cc1. The zero-order chi connectivity index (χ0) is 31.3. The molecule has 1 aliphatic rings. The summed E-state index contributed by atoms with van der Waals surface area (Å²) in [5.41, 5.74) is 6.05. The highest BCUT2D eigenvalue weighted by Gasteiger charge is 2.23. The maximum Gasteiger partial charge on any atom is 0.278 e. The fourth-order valence-electron chi connectivity index (χ4n) is 6.02. The summed E-state index contributed by atoms with van der Waals surface area (Å²) >= 11 is 0. The molecule has 0 aliphatic heterocycles. The maximum absolute atomic E-state index is 13.7. The second kappa shape index (κ2) is 13.2. The van der Waals surface area contributed by atoms with Crippen molar-refractivity contribution in [3.05, 3.63) is 118 Å². The van der Waals surface area contributed by atoms with E-state index >= 15 is 0 Å². The fourth-order valence-corrected chi connectivity index (χ4v) is 6.02. The van der Waals surface area contributed by atoms with Crippen LogP contribution in [-0.2, 0) is 6.54 Å². The van der Waals surface area contributed by atoms with Gasteiger partial charge in [-0.2, -0.15) is 0 Å². The second-order valence-corrected chi connectivity index (χ2v) is 11.3. The molecule has 6 aromatic rings. The number of benzene rings is 2. The monoisotopic (exact) mass is 603 g/mol. The van der Waals surface area contributed by atoms with Crippen molar-refractivity contribution in [2.24, 2.45) is 0 Å². The van der Waals surface area contributed by atoms with Gasteiger partial charge in [0, 0.05) is 43.8 Å². The van der Waals surface area contributed by atoms with Gasteiger partial charge in [-0.3, -0.25) is 18.7 Å². The van der Waals surface area contributed by atoms with Crippen LogP contribution < -0.4 is 21.2 Å². The minimum Gasteiger partial charge on any atom is -0.497 e. The summed E-state index contributed by atoms with van der Waals surface area (Å²) in [4.78, 5) is 38.5. The fraction of sp³-hybridized carbons (Fsp3) is 0.286. The van der Waals surface area contributed by atoms with Gasteiger partial charge in [-0.1, -0.05) is 49.1 Å². The third kappa shape index (κ3) is 6.08. The molecule has 10 heteroatoms. The highest BCUT2D eigenvalue weighted by Crippen LogP contribution is 2.32. The first-order valence-electron chi connectivity index (χ1n) is 15.3. The zero-order valence-electron chi connectivity index (χ0n) is 25.8. The lowest BCUT2D eigenvalue weighted by Crippen LogP contribution is -2.28. The number of nitrogens with zero attached hydrogens (tertiary/aromatic N) is 6. The number of nitrogens with one attached hydrogen (secondary N) is 1. The molecule has 1 fully saturated rings. The number of methoxy groups -OCH3 is 1. The molecule has 0 unspecified atom stereocenters. The Morgan fingerprint density at radius 1 is 0.889 bits per heavy atom. The molecule has 0 radical (unpaired) electrons. The zero-order valence-corrected chi connectivity index (χ0v) is 25.8. The molecule has 1 saturated carbocycles. The minimum absolute atomic E-state index is 0.0189. The summed E-state index contributed by atoms with van der Waals surface area (Å²) in [6, 6.07) is 19.3. The lowest BCUT2D eigenvalue weighted by Gasteiger charge is -2.23. The van der Waals surface area contributed by atoms with Crippen LogP contribution in [0.5, 0.6) is 5.75 Å². The number of anilines is 1. The molecular weight excluding hydrogens is 566 g/mol. The van der Waals surface area contributed by atoms with E-state index in [9.17, 15) is 9.59 Å². The number of aromatic nitrogens is 6. The highest BCUT2D eigenvalue weighted by molar-refractivity contribution is 6.10. The molecule has 0 saturated heterocycles. The molecule has 4 aromatic heterocycles. The van der Waals surface area contributed by atoms with Gasteiger partial charge >= 0.3 is 0 Å². The number of aryl methyl sites for hydroxylation is 1. The van der Waals surface area contributed by atoms with E-state index in [2.05, 4.69) is 15.3 Å². The summed E-state index contributed by atoms with van der Waals surface area (Å²) < 4.78 is 10.7. The molecular formula is C35H37N7O3. The van der Waals surface area contributed by atoms with Crippen LogP contribution in [0.4, 0.5) is 5.69 Å². The standard InChI is InChI=1S/C24H27N5O2.C11H10N2O/c1-25-19-12-13-26-23-20(19)21-22(28(23)14-16-8-10-18(31-2)11-9-16)24(30)29(15-27-21)17-6-4-3-5-7-17;1-9-2-4-10(5-3-9)13-8-12-7-6-11(13)14/h8-13,15,17H,3-7,14H2,1-2H3,(H,25,26);2-8H,1H3. The van der Waals surface area contributed by atoms with Gasteiger partial charge in [-0.15, -0.1) is 0 Å². The summed E-state index contributed by atoms with van der Waals surface area (Å²) in [7, 11) is 3.54. The van der Waals surface area contributed by atoms with E-state index in [1.54, 1.807) is 19.6 Å². The van der Waals surface area contributed by atoms with Crippen LogP contribution in [0.1, 0.15) is 49.3 Å². The molecule has 0 bridgehead atoms. The van der Waals surface area contributed by atoms with Crippen molar-refractivity contribution in [1.29, 1.82) is 0 Å². The summed E-state index contributed by atoms with van der Waals surface area (Å²) in [6.07, 6.45) is 12.2. The van der Waals surface area contributed by atoms with Gasteiger partial charge in [0.25, 0.3) is 11.1 Å². The first-order chi connectivity index (χ1) is 22.0. The van der Waals surface area contributed by atoms with E-state index in [1.807, 2.05) is 77.7 Å². The molecule has 0 atom stereocenters. The quantitative estimate of drug-likeness (QED) is 0.253. The van der Waals surface area contributed by atoms with E-state index < -0.39 is 0 Å². The van der Waals surface area contributed by atoms with Crippen LogP contribution in [-0.4, -0.2) is 42.8 Å². The summed E-state index contributed by atoms with van der Waals surface area (Å²) in [5.74, 6) is 0.808. The lowest BCUT2D eigenvalue weighted by atomic mass is 9.95. The van der Waals surface area contributed by atoms with E-state index in [1.165, 1.54) is 35.1 Å². The summed E-state index contributed by atoms with van der Waals surface area (Å²) in [6.45, 7) is 2.55. The Kier molecular flexibility index (Phi) is 8.72. The molecule has 0 spiro atoms. The minimum atomic E-state index is -0.0659. The predicted molar refractivity (Wildman–Crippen MR) is 178 cm³/mol. The molecule has 2 aromatic carbocycles. The number of pyridine rings is 1. The third-order valence-electron chi connectivity index (χ3n) is 8.44. The molecule has 1 N–H and O–H groups in total. The average molecular weight is 604 g/mol. The molecule has 0 amide bonds. The van der Waals surface area contributed by atoms with Gasteiger partial charge in [0.2, 0.25) is 0 Å². The van der Waals surface area contributed by atoms with Crippen molar-refractivity contribution < 1.29 is 4.74 Å². The Balaban J connectivity index is 0.000000213. The Hall–Kier alpha value is -5.25. The van der Waals surface area contributed by atoms with Gasteiger partial charge < -0.3 is 14.6 Å². The number of rotatable bonds is 6. The van der Waals surface area contributed by atoms with Gasteiger partial charge in [0.1, 0.15) is 28.8 Å². The summed E-state index contributed by atoms with van der Waals surface area (Å²) in [5, 5.41) is 4.12. The van der Waals surface area contributed by atoms with E-state index in [-0.39, 0.29) is 17.2 Å². The first-order valence-corrected chi connectivity index (χ1v) is 15.3. The smallest absolute Gasteiger partial charge is 0.278 e. The predicted octanol–water partition coefficient (Wildman–Crippen LogP) is 5.89. The molecule has 1 aliphatic carbocycles. The first kappa shape index (κ1) is 29.8. The Morgan fingerprint density at radius 3 is 2.33 bits per heavy atom. The number of hydrogen-bond donors (Lipinski definition) is 1. The van der Waals surface area contributed by atoms with Crippen LogP contribution in [0, 0.1) is 6.92 Å². The average Bonchev–Trinajstić information content (AvgIpc) is 3.41. The van der Waals surface area contributed by atoms with Crippen LogP contribution in [0.2, 0.25) is 0 Å². The van der Waals surface area contributed by atoms with Crippen LogP contribution in [0.15, 0.2) is 95.3 Å². The van der Waals surface area contributed by atoms with Crippen molar-refractivity contribution in [2.75, 3.05) is 19.5 Å². The number of ether oxygens (including phenoxy) is 1. The van der Waals surface area contributed by atoms with Crippen molar-refractivity contribution in [1.82, 2.24) is 28.7 Å². The second-order valence-electron chi connectivity index (χ2n) is 11.3. The van der Waals surface area contributed by atoms with Crippen LogP contribution in [0.25, 0.3) is 27.8 Å². The largest absolute Gasteiger partial charge is 0.497 e. The normalized spacial score (nSPS) is 13.4. The van der Waals surface area contributed by atoms with Crippen molar-refractivity contribution in [3.63, 3.8) is 0 Å². The Morgan fingerprint density at radius 2 is 1.64 bits per heavy atom. The Bertz CT molecular complexity index is 2040. The van der Waals surface area contributed by atoms with E-state index in [0.29, 0.717) is 17.6 Å². The molecule has 10 nitrogen and oxygen atoms in total. The van der Waals surface area contributed by atoms with Gasteiger partial charge in [0.05, 0.1) is 24.5 Å². The highest BCUT2D eigenvalue weighted by atomic mass is 16.5. The lowest BCUT2D eigenvalue weighted by molar-refractivity contribution is 0.344. The van der Waals surface area contributed by atoms with E-state index in [0.717, 1.165) is 59.4 Å². The molecule has 7 rings (SSSR count). The van der Waals surface area contributed by atoms with Crippen LogP contribution in [0.3, 0.4) is 0 Å². The Labute approximate surface area is 261 Å². The van der Waals surface area contributed by atoms with E-state index in [4.69, 9.17) is 9.72 Å². The number of hydrogen-bond acceptors (Lipinski definition) is 7. The molecule has 230 valence electrons. The van der Waals surface area contributed by atoms with Crippen LogP contribution >= 0.6 is 0 Å². The van der Waals surface area contributed by atoms with Gasteiger partial charge in [-0.25, -0.2) is 15.0 Å². The maximum atomic E-state index is 13.7. The van der Waals surface area contributed by atoms with Gasteiger partial charge in [-0.05, 0) is 55.7 Å². The number of fused-ring (bicyclic) bond motifs is 3. The third-order valence-corrected chi connectivity index (χ3v) is 8.44.